The lowest BCUT2D eigenvalue weighted by Crippen LogP contribution is -2.63. The first-order valence-corrected chi connectivity index (χ1v) is 10.8. The van der Waals surface area contributed by atoms with E-state index in [1.807, 2.05) is 36.4 Å². The predicted molar refractivity (Wildman–Crippen MR) is 121 cm³/mol. The molecule has 4 N–H and O–H groups in total. The average molecular weight is 461 g/mol. The van der Waals surface area contributed by atoms with Crippen LogP contribution in [0.2, 0.25) is 0 Å². The summed E-state index contributed by atoms with van der Waals surface area (Å²) < 4.78 is 0. The minimum Gasteiger partial charge on any atom is -0.480 e. The van der Waals surface area contributed by atoms with Crippen LogP contribution in [0.5, 0.6) is 0 Å². The summed E-state index contributed by atoms with van der Waals surface area (Å²) in [6.07, 6.45) is 1.32. The molecule has 1 fully saturated rings. The van der Waals surface area contributed by atoms with Gasteiger partial charge in [0.15, 0.2) is 0 Å². The summed E-state index contributed by atoms with van der Waals surface area (Å²) in [6, 6.07) is 13.3. The maximum absolute atomic E-state index is 12.5. The van der Waals surface area contributed by atoms with Crippen molar-refractivity contribution in [3.63, 3.8) is 0 Å². The van der Waals surface area contributed by atoms with Crippen molar-refractivity contribution in [3.05, 3.63) is 72.1 Å². The second kappa shape index (κ2) is 10.1. The quantitative estimate of drug-likeness (QED) is 0.378. The Morgan fingerprint density at radius 1 is 0.941 bits per heavy atom. The minimum atomic E-state index is -1.27. The third kappa shape index (κ3) is 5.52. The van der Waals surface area contributed by atoms with E-state index < -0.39 is 41.8 Å². The first-order chi connectivity index (χ1) is 16.4. The number of aliphatic carboxylic acids is 1. The van der Waals surface area contributed by atoms with Crippen molar-refractivity contribution in [1.82, 2.24) is 25.9 Å². The number of amides is 3. The standard InChI is InChI=1S/C24H23N5O5/c30-21(12-19-23(32)28-18(22(31)29-19)10-14-6-2-1-3-7-14)27-20(24(33)34)11-15-13-25-16-8-4-5-9-17(16)26-15/h1-9,13,18-20H,10-12H2,(H,27,30)(H,28,32)(H,29,31)(H,33,34)/t18-,19-,20-/m0/s1. The number of rotatable bonds is 8. The first-order valence-electron chi connectivity index (χ1n) is 10.8. The van der Waals surface area contributed by atoms with E-state index in [9.17, 15) is 24.3 Å². The lowest BCUT2D eigenvalue weighted by atomic mass is 10.0. The van der Waals surface area contributed by atoms with Crippen LogP contribution in [0.4, 0.5) is 0 Å². The number of hydrogen-bond acceptors (Lipinski definition) is 6. The fraction of sp³-hybridized carbons (Fsp3) is 0.250. The highest BCUT2D eigenvalue weighted by molar-refractivity contribution is 5.99. The Morgan fingerprint density at radius 2 is 1.59 bits per heavy atom. The highest BCUT2D eigenvalue weighted by atomic mass is 16.4. The van der Waals surface area contributed by atoms with Gasteiger partial charge in [0.1, 0.15) is 18.1 Å². The molecule has 0 spiro atoms. The van der Waals surface area contributed by atoms with Crippen LogP contribution in [0.15, 0.2) is 60.8 Å². The first kappa shape index (κ1) is 22.8. The third-order valence-corrected chi connectivity index (χ3v) is 5.48. The molecule has 10 heteroatoms. The van der Waals surface area contributed by atoms with Crippen LogP contribution in [0, 0.1) is 0 Å². The number of carboxylic acids is 1. The number of carbonyl (C=O) groups is 4. The zero-order valence-electron chi connectivity index (χ0n) is 18.1. The summed E-state index contributed by atoms with van der Waals surface area (Å²) in [4.78, 5) is 57.8. The van der Waals surface area contributed by atoms with E-state index in [-0.39, 0.29) is 12.8 Å². The fourth-order valence-corrected chi connectivity index (χ4v) is 3.75. The molecule has 174 valence electrons. The van der Waals surface area contributed by atoms with Crippen molar-refractivity contribution in [2.45, 2.75) is 37.4 Å². The van der Waals surface area contributed by atoms with Crippen molar-refractivity contribution in [3.8, 4) is 0 Å². The van der Waals surface area contributed by atoms with Crippen molar-refractivity contribution in [2.24, 2.45) is 0 Å². The Bertz CT molecular complexity index is 1230. The molecular formula is C24H23N5O5. The number of piperazine rings is 1. The molecule has 0 saturated carbocycles. The van der Waals surface area contributed by atoms with E-state index in [0.29, 0.717) is 23.1 Å². The molecule has 10 nitrogen and oxygen atoms in total. The van der Waals surface area contributed by atoms with Gasteiger partial charge < -0.3 is 21.1 Å². The number of hydrogen-bond donors (Lipinski definition) is 4. The number of nitrogens with one attached hydrogen (secondary N) is 3. The molecule has 3 aromatic rings. The molecule has 0 bridgehead atoms. The molecule has 2 aromatic carbocycles. The second-order valence-corrected chi connectivity index (χ2v) is 8.03. The van der Waals surface area contributed by atoms with Gasteiger partial charge in [-0.25, -0.2) is 9.78 Å². The van der Waals surface area contributed by atoms with E-state index in [1.54, 1.807) is 18.2 Å². The fourth-order valence-electron chi connectivity index (χ4n) is 3.75. The topological polar surface area (TPSA) is 150 Å². The molecule has 3 atom stereocenters. The van der Waals surface area contributed by atoms with Gasteiger partial charge in [-0.3, -0.25) is 19.4 Å². The van der Waals surface area contributed by atoms with Gasteiger partial charge in [0.25, 0.3) is 0 Å². The number of carboxylic acid groups (broad SMARTS) is 1. The molecular weight excluding hydrogens is 438 g/mol. The van der Waals surface area contributed by atoms with Gasteiger partial charge in [0, 0.05) is 19.0 Å². The lowest BCUT2D eigenvalue weighted by Gasteiger charge is -2.29. The Labute approximate surface area is 194 Å². The molecule has 1 aliphatic heterocycles. The second-order valence-electron chi connectivity index (χ2n) is 8.03. The normalized spacial score (nSPS) is 18.6. The van der Waals surface area contributed by atoms with E-state index >= 15 is 0 Å². The van der Waals surface area contributed by atoms with Crippen LogP contribution in [0.1, 0.15) is 17.7 Å². The largest absolute Gasteiger partial charge is 0.480 e. The van der Waals surface area contributed by atoms with Gasteiger partial charge in [0.05, 0.1) is 23.1 Å². The molecule has 2 heterocycles. The molecule has 1 aliphatic rings. The number of para-hydroxylation sites is 2. The summed E-state index contributed by atoms with van der Waals surface area (Å²) in [5.41, 5.74) is 2.58. The Hall–Kier alpha value is -4.34. The van der Waals surface area contributed by atoms with Crippen LogP contribution >= 0.6 is 0 Å². The van der Waals surface area contributed by atoms with Crippen molar-refractivity contribution in [1.29, 1.82) is 0 Å². The van der Waals surface area contributed by atoms with E-state index in [1.165, 1.54) is 6.20 Å². The summed E-state index contributed by atoms with van der Waals surface area (Å²) in [5, 5.41) is 17.2. The Balaban J connectivity index is 1.35. The number of aromatic nitrogens is 2. The molecule has 0 unspecified atom stereocenters. The van der Waals surface area contributed by atoms with Crippen molar-refractivity contribution >= 4 is 34.7 Å². The molecule has 3 amide bonds. The van der Waals surface area contributed by atoms with Gasteiger partial charge in [-0.1, -0.05) is 42.5 Å². The van der Waals surface area contributed by atoms with Crippen LogP contribution in [0.25, 0.3) is 11.0 Å². The maximum Gasteiger partial charge on any atom is 0.326 e. The average Bonchev–Trinajstić information content (AvgIpc) is 2.82. The predicted octanol–water partition coefficient (Wildman–Crippen LogP) is 0.358. The Morgan fingerprint density at radius 3 is 2.32 bits per heavy atom. The van der Waals surface area contributed by atoms with Gasteiger partial charge in [-0.15, -0.1) is 0 Å². The highest BCUT2D eigenvalue weighted by Crippen LogP contribution is 2.11. The summed E-state index contributed by atoms with van der Waals surface area (Å²) in [5.74, 6) is -2.82. The van der Waals surface area contributed by atoms with E-state index in [2.05, 4.69) is 25.9 Å². The molecule has 1 saturated heterocycles. The molecule has 34 heavy (non-hydrogen) atoms. The summed E-state index contributed by atoms with van der Waals surface area (Å²) in [6.45, 7) is 0. The third-order valence-electron chi connectivity index (χ3n) is 5.48. The van der Waals surface area contributed by atoms with Crippen LogP contribution in [-0.4, -0.2) is 56.9 Å². The molecule has 4 rings (SSSR count). The van der Waals surface area contributed by atoms with Crippen molar-refractivity contribution in [2.75, 3.05) is 0 Å². The Kier molecular flexibility index (Phi) is 6.77. The van der Waals surface area contributed by atoms with Crippen molar-refractivity contribution < 1.29 is 24.3 Å². The van der Waals surface area contributed by atoms with Gasteiger partial charge >= 0.3 is 5.97 Å². The SMILES string of the molecule is O=C(C[C@@H]1NC(=O)[C@H](Cc2ccccc2)NC1=O)N[C@@H](Cc1cnc2ccccc2n1)C(=O)O. The van der Waals surface area contributed by atoms with Gasteiger partial charge in [-0.05, 0) is 17.7 Å². The zero-order chi connectivity index (χ0) is 24.1. The number of fused-ring (bicyclic) bond motifs is 1. The molecule has 0 aliphatic carbocycles. The maximum atomic E-state index is 12.5. The van der Waals surface area contributed by atoms with Gasteiger partial charge in [-0.2, -0.15) is 0 Å². The van der Waals surface area contributed by atoms with E-state index in [4.69, 9.17) is 0 Å². The lowest BCUT2D eigenvalue weighted by molar-refractivity contribution is -0.142. The summed E-state index contributed by atoms with van der Waals surface area (Å²) >= 11 is 0. The number of benzene rings is 2. The molecule has 1 aromatic heterocycles. The van der Waals surface area contributed by atoms with E-state index in [0.717, 1.165) is 5.56 Å². The molecule has 0 radical (unpaired) electrons. The van der Waals surface area contributed by atoms with Gasteiger partial charge in [0.2, 0.25) is 17.7 Å². The smallest absolute Gasteiger partial charge is 0.326 e. The summed E-state index contributed by atoms with van der Waals surface area (Å²) in [7, 11) is 0. The number of nitrogens with zero attached hydrogens (tertiary/aromatic N) is 2. The highest BCUT2D eigenvalue weighted by Gasteiger charge is 2.35. The zero-order valence-corrected chi connectivity index (χ0v) is 18.1. The van der Waals surface area contributed by atoms with Crippen LogP contribution < -0.4 is 16.0 Å². The minimum absolute atomic E-state index is 0.0821. The van der Waals surface area contributed by atoms with Crippen LogP contribution in [0.3, 0.4) is 0 Å². The monoisotopic (exact) mass is 461 g/mol. The van der Waals surface area contributed by atoms with Crippen LogP contribution in [-0.2, 0) is 32.0 Å². The number of carbonyl (C=O) groups excluding carboxylic acids is 3.